The Kier molecular flexibility index (Phi) is 4.70. The molecule has 1 heterocycles. The lowest BCUT2D eigenvalue weighted by molar-refractivity contribution is -0.665. The lowest BCUT2D eigenvalue weighted by Gasteiger charge is -2.35. The van der Waals surface area contributed by atoms with E-state index in [-0.39, 0.29) is 11.3 Å². The Balaban J connectivity index is 2.11. The number of carbonyl (C=O) groups is 1. The molecule has 4 nitrogen and oxygen atoms in total. The Morgan fingerprint density at radius 1 is 1.40 bits per heavy atom. The molecule has 5 heteroatoms. The molecule has 1 aromatic carbocycles. The molecule has 1 aromatic rings. The molecular formula is C15H21BrNO3+. The minimum absolute atomic E-state index is 0.0500. The first kappa shape index (κ1) is 15.3. The summed E-state index contributed by atoms with van der Waals surface area (Å²) in [5.41, 5.74) is -0.310. The monoisotopic (exact) mass is 342 g/mol. The summed E-state index contributed by atoms with van der Waals surface area (Å²) in [6.07, 6.45) is 2.09. The first-order valence-electron chi connectivity index (χ1n) is 6.93. The summed E-state index contributed by atoms with van der Waals surface area (Å²) in [5.74, 6) is -0.153. The molecule has 0 amide bonds. The maximum Gasteiger partial charge on any atom is 0.342 e. The van der Waals surface area contributed by atoms with Crippen LogP contribution in [0.3, 0.4) is 0 Å². The third kappa shape index (κ3) is 3.52. The number of ether oxygens (including phenoxy) is 1. The molecule has 1 aliphatic heterocycles. The van der Waals surface area contributed by atoms with Gasteiger partial charge in [-0.1, -0.05) is 15.9 Å². The maximum atomic E-state index is 12.3. The number of hydrogen-bond acceptors (Lipinski definition) is 3. The van der Waals surface area contributed by atoms with E-state index in [1.54, 1.807) is 12.1 Å². The topological polar surface area (TPSA) is 63.1 Å². The molecule has 0 unspecified atom stereocenters. The minimum atomic E-state index is -0.514. The molecular weight excluding hydrogens is 322 g/mol. The van der Waals surface area contributed by atoms with Crippen LogP contribution in [-0.4, -0.2) is 29.8 Å². The van der Waals surface area contributed by atoms with Crippen molar-refractivity contribution in [3.05, 3.63) is 28.2 Å². The molecule has 20 heavy (non-hydrogen) atoms. The minimum Gasteiger partial charge on any atom is -0.507 e. The third-order valence-corrected chi connectivity index (χ3v) is 4.45. The number of piperidine rings is 1. The number of aromatic hydroxyl groups is 1. The highest BCUT2D eigenvalue weighted by molar-refractivity contribution is 9.10. The van der Waals surface area contributed by atoms with Crippen molar-refractivity contribution in [2.24, 2.45) is 5.92 Å². The van der Waals surface area contributed by atoms with E-state index in [0.29, 0.717) is 5.92 Å². The maximum absolute atomic E-state index is 12.3. The van der Waals surface area contributed by atoms with Gasteiger partial charge in [0.25, 0.3) is 0 Å². The Bertz CT molecular complexity index is 496. The van der Waals surface area contributed by atoms with Crippen LogP contribution < -0.4 is 5.32 Å². The molecule has 1 saturated heterocycles. The summed E-state index contributed by atoms with van der Waals surface area (Å²) in [6, 6.07) is 4.76. The van der Waals surface area contributed by atoms with Crippen molar-refractivity contribution < 1.29 is 20.0 Å². The smallest absolute Gasteiger partial charge is 0.342 e. The fourth-order valence-corrected chi connectivity index (χ4v) is 3.03. The van der Waals surface area contributed by atoms with Gasteiger partial charge in [-0.25, -0.2) is 4.79 Å². The first-order chi connectivity index (χ1) is 9.40. The Labute approximate surface area is 127 Å². The highest BCUT2D eigenvalue weighted by Crippen LogP contribution is 2.30. The number of rotatable bonds is 3. The van der Waals surface area contributed by atoms with Crippen molar-refractivity contribution in [2.75, 3.05) is 13.1 Å². The van der Waals surface area contributed by atoms with Gasteiger partial charge in [-0.15, -0.1) is 0 Å². The summed E-state index contributed by atoms with van der Waals surface area (Å²) >= 11 is 3.30. The van der Waals surface area contributed by atoms with Crippen molar-refractivity contribution in [3.63, 3.8) is 0 Å². The van der Waals surface area contributed by atoms with Crippen LogP contribution >= 0.6 is 15.9 Å². The third-order valence-electron chi connectivity index (χ3n) is 3.96. The molecule has 0 aliphatic carbocycles. The van der Waals surface area contributed by atoms with Gasteiger partial charge in [0, 0.05) is 23.2 Å². The second-order valence-electron chi connectivity index (χ2n) is 5.79. The predicted octanol–water partition coefficient (Wildman–Crippen LogP) is 2.06. The van der Waals surface area contributed by atoms with Crippen LogP contribution in [0.1, 0.15) is 37.0 Å². The number of benzene rings is 1. The summed E-state index contributed by atoms with van der Waals surface area (Å²) in [6.45, 7) is 6.06. The van der Waals surface area contributed by atoms with E-state index in [0.717, 1.165) is 30.4 Å². The van der Waals surface area contributed by atoms with Crippen molar-refractivity contribution in [3.8, 4) is 5.75 Å². The van der Waals surface area contributed by atoms with E-state index in [2.05, 4.69) is 21.2 Å². The van der Waals surface area contributed by atoms with Crippen LogP contribution in [-0.2, 0) is 4.74 Å². The Morgan fingerprint density at radius 3 is 2.70 bits per heavy atom. The Hall–Kier alpha value is -1.07. The van der Waals surface area contributed by atoms with E-state index in [4.69, 9.17) is 4.74 Å². The van der Waals surface area contributed by atoms with Crippen molar-refractivity contribution >= 4 is 21.9 Å². The zero-order valence-corrected chi connectivity index (χ0v) is 13.4. The van der Waals surface area contributed by atoms with Crippen LogP contribution in [0.25, 0.3) is 0 Å². The van der Waals surface area contributed by atoms with Crippen LogP contribution in [0.5, 0.6) is 5.75 Å². The van der Waals surface area contributed by atoms with Crippen molar-refractivity contribution in [1.29, 1.82) is 0 Å². The SMILES string of the molecule is CC(C)(OC(=O)c1cc(Br)ccc1O)C1CC[NH2+]CC1. The van der Waals surface area contributed by atoms with Crippen molar-refractivity contribution in [1.82, 2.24) is 0 Å². The quantitative estimate of drug-likeness (QED) is 0.826. The molecule has 2 rings (SSSR count). The van der Waals surface area contributed by atoms with Gasteiger partial charge in [-0.2, -0.15) is 0 Å². The second-order valence-corrected chi connectivity index (χ2v) is 6.71. The largest absolute Gasteiger partial charge is 0.507 e. The molecule has 3 N–H and O–H groups in total. The van der Waals surface area contributed by atoms with Gasteiger partial charge in [-0.05, 0) is 32.0 Å². The molecule has 1 fully saturated rings. The molecule has 110 valence electrons. The fraction of sp³-hybridized carbons (Fsp3) is 0.533. The zero-order chi connectivity index (χ0) is 14.8. The van der Waals surface area contributed by atoms with E-state index in [9.17, 15) is 9.90 Å². The van der Waals surface area contributed by atoms with E-state index >= 15 is 0 Å². The first-order valence-corrected chi connectivity index (χ1v) is 7.73. The summed E-state index contributed by atoms with van der Waals surface area (Å²) < 4.78 is 6.41. The molecule has 0 aromatic heterocycles. The lowest BCUT2D eigenvalue weighted by Crippen LogP contribution is -2.86. The molecule has 0 radical (unpaired) electrons. The standard InChI is InChI=1S/C15H20BrNO3/c1-15(2,10-5-7-17-8-6-10)20-14(19)12-9-11(16)3-4-13(12)18/h3-4,9-10,17-18H,5-8H2,1-2H3/p+1. The summed E-state index contributed by atoms with van der Waals surface area (Å²) in [4.78, 5) is 12.3. The Morgan fingerprint density at radius 2 is 2.05 bits per heavy atom. The highest BCUT2D eigenvalue weighted by atomic mass is 79.9. The van der Waals surface area contributed by atoms with Gasteiger partial charge in [-0.3, -0.25) is 0 Å². The average Bonchev–Trinajstić information content (AvgIpc) is 2.42. The lowest BCUT2D eigenvalue weighted by atomic mass is 9.83. The van der Waals surface area contributed by atoms with Crippen LogP contribution in [0, 0.1) is 5.92 Å². The molecule has 1 aliphatic rings. The molecule has 0 saturated carbocycles. The average molecular weight is 343 g/mol. The molecule has 0 bridgehead atoms. The normalized spacial score (nSPS) is 16.9. The number of carbonyl (C=O) groups excluding carboxylic acids is 1. The summed E-state index contributed by atoms with van der Waals surface area (Å²) in [7, 11) is 0. The number of esters is 1. The number of phenols is 1. The second kappa shape index (κ2) is 6.14. The fourth-order valence-electron chi connectivity index (χ4n) is 2.67. The highest BCUT2D eigenvalue weighted by Gasteiger charge is 2.36. The molecule has 0 atom stereocenters. The van der Waals surface area contributed by atoms with Gasteiger partial charge in [0.15, 0.2) is 0 Å². The van der Waals surface area contributed by atoms with Crippen LogP contribution in [0.4, 0.5) is 0 Å². The molecule has 0 spiro atoms. The zero-order valence-electron chi connectivity index (χ0n) is 11.9. The van der Waals surface area contributed by atoms with E-state index in [1.807, 2.05) is 13.8 Å². The van der Waals surface area contributed by atoms with E-state index < -0.39 is 11.6 Å². The van der Waals surface area contributed by atoms with Gasteiger partial charge in [0.2, 0.25) is 0 Å². The van der Waals surface area contributed by atoms with Crippen LogP contribution in [0.15, 0.2) is 22.7 Å². The number of halogens is 1. The van der Waals surface area contributed by atoms with Gasteiger partial charge < -0.3 is 15.2 Å². The number of quaternary nitrogens is 1. The predicted molar refractivity (Wildman–Crippen MR) is 79.7 cm³/mol. The number of nitrogens with two attached hydrogens (primary N) is 1. The van der Waals surface area contributed by atoms with Gasteiger partial charge in [0.05, 0.1) is 13.1 Å². The van der Waals surface area contributed by atoms with Gasteiger partial charge in [0.1, 0.15) is 16.9 Å². The van der Waals surface area contributed by atoms with Gasteiger partial charge >= 0.3 is 5.97 Å². The number of phenolic OH excluding ortho intramolecular Hbond substituents is 1. The van der Waals surface area contributed by atoms with Crippen molar-refractivity contribution in [2.45, 2.75) is 32.3 Å². The van der Waals surface area contributed by atoms with Crippen LogP contribution in [0.2, 0.25) is 0 Å². The summed E-state index contributed by atoms with van der Waals surface area (Å²) in [5, 5.41) is 12.1. The number of hydrogen-bond donors (Lipinski definition) is 2. The van der Waals surface area contributed by atoms with E-state index in [1.165, 1.54) is 6.07 Å².